The molecule has 24 heavy (non-hydrogen) atoms. The molecule has 0 heterocycles. The summed E-state index contributed by atoms with van der Waals surface area (Å²) in [6.07, 6.45) is 2.98. The number of hydrogen-bond acceptors (Lipinski definition) is 3. The normalized spacial score (nSPS) is 17.8. The molecule has 0 aliphatic heterocycles. The molecular formula is C20H21NO3. The van der Waals surface area contributed by atoms with E-state index in [4.69, 9.17) is 10.8 Å². The van der Waals surface area contributed by atoms with Gasteiger partial charge in [-0.05, 0) is 42.4 Å². The van der Waals surface area contributed by atoms with Gasteiger partial charge in [-0.2, -0.15) is 0 Å². The van der Waals surface area contributed by atoms with Crippen LogP contribution in [0.5, 0.6) is 0 Å². The van der Waals surface area contributed by atoms with Gasteiger partial charge < -0.3 is 10.8 Å². The Bertz CT molecular complexity index is 769. The standard InChI is InChI=1S/C20H21NO3/c21-18(20(23)24)12-14-7-2-4-10-16(14)19(22)17-11-5-8-13-6-1-3-9-15(13)17/h1-4,6-7,9-10,17-18H,5,8,11-12,21H2,(H,23,24)/t17?,18-/m0/s1. The Balaban J connectivity index is 1.93. The van der Waals surface area contributed by atoms with Crippen molar-refractivity contribution in [1.29, 1.82) is 0 Å². The maximum absolute atomic E-state index is 13.1. The maximum Gasteiger partial charge on any atom is 0.320 e. The minimum absolute atomic E-state index is 0.0651. The summed E-state index contributed by atoms with van der Waals surface area (Å²) >= 11 is 0. The quantitative estimate of drug-likeness (QED) is 0.829. The summed E-state index contributed by atoms with van der Waals surface area (Å²) in [6.45, 7) is 0. The van der Waals surface area contributed by atoms with E-state index in [1.54, 1.807) is 12.1 Å². The van der Waals surface area contributed by atoms with Crippen LogP contribution in [0.25, 0.3) is 0 Å². The van der Waals surface area contributed by atoms with Gasteiger partial charge in [-0.25, -0.2) is 0 Å². The molecule has 1 aliphatic carbocycles. The highest BCUT2D eigenvalue weighted by Gasteiger charge is 2.28. The first-order chi connectivity index (χ1) is 11.6. The maximum atomic E-state index is 13.1. The van der Waals surface area contributed by atoms with Gasteiger partial charge in [0.2, 0.25) is 0 Å². The van der Waals surface area contributed by atoms with Gasteiger partial charge in [-0.3, -0.25) is 9.59 Å². The Labute approximate surface area is 141 Å². The van der Waals surface area contributed by atoms with E-state index in [0.29, 0.717) is 11.1 Å². The predicted octanol–water partition coefficient (Wildman–Crippen LogP) is 2.94. The van der Waals surface area contributed by atoms with E-state index in [1.807, 2.05) is 30.3 Å². The average molecular weight is 323 g/mol. The molecule has 4 heteroatoms. The van der Waals surface area contributed by atoms with E-state index in [2.05, 4.69) is 6.07 Å². The fourth-order valence-corrected chi connectivity index (χ4v) is 3.48. The minimum Gasteiger partial charge on any atom is -0.480 e. The van der Waals surface area contributed by atoms with Gasteiger partial charge in [0.25, 0.3) is 0 Å². The van der Waals surface area contributed by atoms with Crippen LogP contribution < -0.4 is 5.73 Å². The molecule has 2 aromatic carbocycles. The van der Waals surface area contributed by atoms with Crippen LogP contribution in [-0.4, -0.2) is 22.9 Å². The Morgan fingerprint density at radius 1 is 1.12 bits per heavy atom. The first-order valence-corrected chi connectivity index (χ1v) is 8.26. The number of Topliss-reactive ketones (excluding diaryl/α,β-unsaturated/α-hetero) is 1. The summed E-state index contributed by atoms with van der Waals surface area (Å²) in [4.78, 5) is 24.2. The predicted molar refractivity (Wildman–Crippen MR) is 92.2 cm³/mol. The van der Waals surface area contributed by atoms with Gasteiger partial charge in [0, 0.05) is 11.5 Å². The van der Waals surface area contributed by atoms with Crippen LogP contribution in [0.2, 0.25) is 0 Å². The lowest BCUT2D eigenvalue weighted by Gasteiger charge is -2.25. The molecule has 124 valence electrons. The first-order valence-electron chi connectivity index (χ1n) is 8.26. The molecule has 0 amide bonds. The largest absolute Gasteiger partial charge is 0.480 e. The van der Waals surface area contributed by atoms with Gasteiger partial charge in [-0.15, -0.1) is 0 Å². The lowest BCUT2D eigenvalue weighted by atomic mass is 9.78. The summed E-state index contributed by atoms with van der Waals surface area (Å²) in [5, 5.41) is 9.04. The second-order valence-corrected chi connectivity index (χ2v) is 6.31. The number of carboxylic acids is 1. The van der Waals surface area contributed by atoms with Crippen molar-refractivity contribution in [2.24, 2.45) is 5.73 Å². The topological polar surface area (TPSA) is 80.4 Å². The average Bonchev–Trinajstić information content (AvgIpc) is 2.61. The monoisotopic (exact) mass is 323 g/mol. The number of benzene rings is 2. The Kier molecular flexibility index (Phi) is 4.76. The van der Waals surface area contributed by atoms with Crippen molar-refractivity contribution in [3.63, 3.8) is 0 Å². The number of carboxylic acid groups (broad SMARTS) is 1. The number of carbonyl (C=O) groups is 2. The van der Waals surface area contributed by atoms with Crippen LogP contribution in [0.15, 0.2) is 48.5 Å². The summed E-state index contributed by atoms with van der Waals surface area (Å²) in [7, 11) is 0. The number of carbonyl (C=O) groups excluding carboxylic acids is 1. The van der Waals surface area contributed by atoms with Crippen molar-refractivity contribution < 1.29 is 14.7 Å². The second kappa shape index (κ2) is 6.97. The fourth-order valence-electron chi connectivity index (χ4n) is 3.48. The van der Waals surface area contributed by atoms with Gasteiger partial charge in [0.1, 0.15) is 6.04 Å². The van der Waals surface area contributed by atoms with E-state index in [0.717, 1.165) is 24.8 Å². The number of nitrogens with two attached hydrogens (primary N) is 1. The van der Waals surface area contributed by atoms with Crippen molar-refractivity contribution in [1.82, 2.24) is 0 Å². The molecular weight excluding hydrogens is 302 g/mol. The number of rotatable bonds is 5. The molecule has 0 bridgehead atoms. The summed E-state index contributed by atoms with van der Waals surface area (Å²) < 4.78 is 0. The third-order valence-corrected chi connectivity index (χ3v) is 4.73. The third-order valence-electron chi connectivity index (χ3n) is 4.73. The number of aliphatic carboxylic acids is 1. The highest BCUT2D eigenvalue weighted by molar-refractivity contribution is 6.02. The Hall–Kier alpha value is -2.46. The first kappa shape index (κ1) is 16.4. The zero-order valence-corrected chi connectivity index (χ0v) is 13.4. The number of ketones is 1. The smallest absolute Gasteiger partial charge is 0.320 e. The second-order valence-electron chi connectivity index (χ2n) is 6.31. The summed E-state index contributed by atoms with van der Waals surface area (Å²) in [5.74, 6) is -1.15. The zero-order chi connectivity index (χ0) is 17.1. The van der Waals surface area contributed by atoms with Crippen LogP contribution in [0.3, 0.4) is 0 Å². The molecule has 0 saturated carbocycles. The van der Waals surface area contributed by atoms with Gasteiger partial charge in [-0.1, -0.05) is 48.5 Å². The SMILES string of the molecule is N[C@@H](Cc1ccccc1C(=O)C1CCCc2ccccc21)C(=O)O. The highest BCUT2D eigenvalue weighted by atomic mass is 16.4. The number of fused-ring (bicyclic) bond motifs is 1. The van der Waals surface area contributed by atoms with Gasteiger partial charge in [0.05, 0.1) is 0 Å². The molecule has 3 rings (SSSR count). The van der Waals surface area contributed by atoms with Crippen molar-refractivity contribution in [3.05, 3.63) is 70.8 Å². The number of hydrogen-bond donors (Lipinski definition) is 2. The van der Waals surface area contributed by atoms with Gasteiger partial charge in [0.15, 0.2) is 5.78 Å². The van der Waals surface area contributed by atoms with Crippen molar-refractivity contribution in [3.8, 4) is 0 Å². The lowest BCUT2D eigenvalue weighted by molar-refractivity contribution is -0.138. The molecule has 2 atom stereocenters. The minimum atomic E-state index is -1.06. The zero-order valence-electron chi connectivity index (χ0n) is 13.4. The fraction of sp³-hybridized carbons (Fsp3) is 0.300. The molecule has 1 aliphatic rings. The van der Waals surface area contributed by atoms with E-state index in [1.165, 1.54) is 5.56 Å². The van der Waals surface area contributed by atoms with Crippen LogP contribution in [0, 0.1) is 0 Å². The molecule has 3 N–H and O–H groups in total. The summed E-state index contributed by atoms with van der Waals surface area (Å²) in [6, 6.07) is 14.3. The van der Waals surface area contributed by atoms with E-state index in [9.17, 15) is 9.59 Å². The molecule has 0 fully saturated rings. The third kappa shape index (κ3) is 3.24. The molecule has 0 spiro atoms. The van der Waals surface area contributed by atoms with Crippen molar-refractivity contribution in [2.75, 3.05) is 0 Å². The number of aryl methyl sites for hydroxylation is 1. The highest BCUT2D eigenvalue weighted by Crippen LogP contribution is 2.34. The summed E-state index contributed by atoms with van der Waals surface area (Å²) in [5.41, 5.74) is 9.30. The van der Waals surface area contributed by atoms with E-state index >= 15 is 0 Å². The Morgan fingerprint density at radius 3 is 2.62 bits per heavy atom. The molecule has 0 saturated heterocycles. The Morgan fingerprint density at radius 2 is 1.83 bits per heavy atom. The van der Waals surface area contributed by atoms with Gasteiger partial charge >= 0.3 is 5.97 Å². The van der Waals surface area contributed by atoms with Crippen LogP contribution in [0.1, 0.15) is 45.8 Å². The van der Waals surface area contributed by atoms with E-state index in [-0.39, 0.29) is 18.1 Å². The molecule has 0 radical (unpaired) electrons. The molecule has 0 aromatic heterocycles. The lowest BCUT2D eigenvalue weighted by Crippen LogP contribution is -2.33. The molecule has 2 aromatic rings. The van der Waals surface area contributed by atoms with Crippen LogP contribution >= 0.6 is 0 Å². The molecule has 1 unspecified atom stereocenters. The van der Waals surface area contributed by atoms with Crippen LogP contribution in [0.4, 0.5) is 0 Å². The van der Waals surface area contributed by atoms with Crippen molar-refractivity contribution >= 4 is 11.8 Å². The van der Waals surface area contributed by atoms with Crippen LogP contribution in [-0.2, 0) is 17.6 Å². The van der Waals surface area contributed by atoms with E-state index < -0.39 is 12.0 Å². The van der Waals surface area contributed by atoms with Crippen molar-refractivity contribution in [2.45, 2.75) is 37.6 Å². The molecule has 4 nitrogen and oxygen atoms in total.